The Balaban J connectivity index is 0.00000261. The van der Waals surface area contributed by atoms with Crippen LogP contribution in [0.4, 0.5) is 0 Å². The minimum absolute atomic E-state index is 0. The molecule has 1 saturated heterocycles. The van der Waals surface area contributed by atoms with E-state index in [1.54, 1.807) is 11.3 Å². The minimum Gasteiger partial charge on any atom is -0.376 e. The average molecular weight is 500 g/mol. The fourth-order valence-electron chi connectivity index (χ4n) is 3.16. The zero-order chi connectivity index (χ0) is 18.2. The number of nitrogens with one attached hydrogen (secondary N) is 1. The van der Waals surface area contributed by atoms with E-state index in [4.69, 9.17) is 4.74 Å². The normalized spacial score (nSPS) is 17.0. The van der Waals surface area contributed by atoms with Gasteiger partial charge in [-0.15, -0.1) is 35.3 Å². The predicted molar refractivity (Wildman–Crippen MR) is 123 cm³/mol. The van der Waals surface area contributed by atoms with E-state index in [0.717, 1.165) is 50.0 Å². The van der Waals surface area contributed by atoms with E-state index in [-0.39, 0.29) is 24.0 Å². The van der Waals surface area contributed by atoms with Gasteiger partial charge in [-0.2, -0.15) is 0 Å². The first-order valence-corrected chi connectivity index (χ1v) is 10.1. The molecule has 0 aliphatic carbocycles. The number of thiazole rings is 1. The lowest BCUT2D eigenvalue weighted by Gasteiger charge is -2.21. The molecule has 0 bridgehead atoms. The van der Waals surface area contributed by atoms with Gasteiger partial charge in [0.05, 0.1) is 19.8 Å². The molecule has 1 atom stereocenters. The molecular weight excluding hydrogens is 471 g/mol. The monoisotopic (exact) mass is 500 g/mol. The molecule has 7 heteroatoms. The predicted octanol–water partition coefficient (Wildman–Crippen LogP) is 3.94. The van der Waals surface area contributed by atoms with Gasteiger partial charge in [0.25, 0.3) is 0 Å². The molecular formula is C20H29IN4OS. The Labute approximate surface area is 183 Å². The van der Waals surface area contributed by atoms with Crippen molar-refractivity contribution in [1.29, 1.82) is 0 Å². The summed E-state index contributed by atoms with van der Waals surface area (Å²) in [4.78, 5) is 12.6. The van der Waals surface area contributed by atoms with Crippen LogP contribution in [0.3, 0.4) is 0 Å². The highest BCUT2D eigenvalue weighted by atomic mass is 127. The number of benzene rings is 1. The summed E-state index contributed by atoms with van der Waals surface area (Å²) in [6.07, 6.45) is 4.16. The van der Waals surface area contributed by atoms with E-state index in [1.165, 1.54) is 10.4 Å². The fraction of sp³-hybridized carbons (Fsp3) is 0.500. The van der Waals surface area contributed by atoms with Gasteiger partial charge in [-0.05, 0) is 18.4 Å². The number of aryl methyl sites for hydroxylation is 1. The number of nitrogens with zero attached hydrogens (tertiary/aromatic N) is 3. The number of rotatable bonds is 7. The molecule has 27 heavy (non-hydrogen) atoms. The third-order valence-corrected chi connectivity index (χ3v) is 5.75. The van der Waals surface area contributed by atoms with Gasteiger partial charge in [-0.1, -0.05) is 37.3 Å². The van der Waals surface area contributed by atoms with Crippen LogP contribution in [0.5, 0.6) is 0 Å². The molecule has 1 unspecified atom stereocenters. The summed E-state index contributed by atoms with van der Waals surface area (Å²) in [5.74, 6) is 1.52. The number of halogens is 1. The molecule has 1 aliphatic heterocycles. The molecule has 2 aromatic rings. The van der Waals surface area contributed by atoms with Gasteiger partial charge in [-0.25, -0.2) is 4.98 Å². The fourth-order valence-corrected chi connectivity index (χ4v) is 3.96. The lowest BCUT2D eigenvalue weighted by Crippen LogP contribution is -2.39. The maximum Gasteiger partial charge on any atom is 0.194 e. The number of hydrogen-bond acceptors (Lipinski definition) is 4. The van der Waals surface area contributed by atoms with Crippen molar-refractivity contribution in [3.63, 3.8) is 0 Å². The minimum atomic E-state index is 0. The van der Waals surface area contributed by atoms with Gasteiger partial charge in [0.15, 0.2) is 5.96 Å². The highest BCUT2D eigenvalue weighted by molar-refractivity contribution is 14.0. The Kier molecular flexibility index (Phi) is 9.50. The largest absolute Gasteiger partial charge is 0.376 e. The van der Waals surface area contributed by atoms with Crippen molar-refractivity contribution in [3.8, 4) is 0 Å². The van der Waals surface area contributed by atoms with Crippen LogP contribution in [0, 0.1) is 5.92 Å². The van der Waals surface area contributed by atoms with Crippen molar-refractivity contribution in [2.75, 3.05) is 26.7 Å². The van der Waals surface area contributed by atoms with Crippen molar-refractivity contribution in [1.82, 2.24) is 15.2 Å². The second-order valence-corrected chi connectivity index (χ2v) is 7.78. The first-order valence-electron chi connectivity index (χ1n) is 9.29. The molecule has 148 valence electrons. The summed E-state index contributed by atoms with van der Waals surface area (Å²) < 4.78 is 5.91. The smallest absolute Gasteiger partial charge is 0.194 e. The van der Waals surface area contributed by atoms with E-state index < -0.39 is 0 Å². The first kappa shape index (κ1) is 22.1. The van der Waals surface area contributed by atoms with Crippen LogP contribution in [-0.2, 0) is 24.3 Å². The van der Waals surface area contributed by atoms with E-state index >= 15 is 0 Å². The number of ether oxygens (including phenoxy) is 1. The van der Waals surface area contributed by atoms with Crippen LogP contribution < -0.4 is 5.32 Å². The summed E-state index contributed by atoms with van der Waals surface area (Å²) >= 11 is 1.77. The summed E-state index contributed by atoms with van der Waals surface area (Å²) in [6.45, 7) is 6.41. The summed E-state index contributed by atoms with van der Waals surface area (Å²) in [5, 5.41) is 4.57. The highest BCUT2D eigenvalue weighted by Gasteiger charge is 2.25. The summed E-state index contributed by atoms with van der Waals surface area (Å²) in [5.41, 5.74) is 1.23. The molecule has 1 aliphatic rings. The second-order valence-electron chi connectivity index (χ2n) is 6.58. The highest BCUT2D eigenvalue weighted by Crippen LogP contribution is 2.18. The van der Waals surface area contributed by atoms with Gasteiger partial charge in [0.1, 0.15) is 5.01 Å². The Bertz CT molecular complexity index is 707. The van der Waals surface area contributed by atoms with Crippen molar-refractivity contribution < 1.29 is 4.74 Å². The molecule has 1 fully saturated rings. The second kappa shape index (κ2) is 11.6. The molecule has 0 saturated carbocycles. The number of likely N-dealkylation sites (tertiary alicyclic amines) is 1. The standard InChI is InChI=1S/C20H28N4OS.HI/c1-3-18-11-22-19(26-18)12-23-20(21-2)24-10-9-17(13-24)15-25-14-16-7-5-4-6-8-16;/h4-8,11,17H,3,9-10,12-15H2,1-2H3,(H,21,23);1H. The molecule has 1 aromatic heterocycles. The van der Waals surface area contributed by atoms with Crippen molar-refractivity contribution >= 4 is 41.3 Å². The van der Waals surface area contributed by atoms with Crippen LogP contribution in [-0.4, -0.2) is 42.6 Å². The van der Waals surface area contributed by atoms with Crippen LogP contribution in [0.25, 0.3) is 0 Å². The van der Waals surface area contributed by atoms with Gasteiger partial charge in [0.2, 0.25) is 0 Å². The maximum atomic E-state index is 5.91. The van der Waals surface area contributed by atoms with Gasteiger partial charge in [0, 0.05) is 37.1 Å². The van der Waals surface area contributed by atoms with Crippen LogP contribution in [0.1, 0.15) is 28.8 Å². The van der Waals surface area contributed by atoms with Crippen LogP contribution in [0.2, 0.25) is 0 Å². The zero-order valence-corrected chi connectivity index (χ0v) is 19.2. The zero-order valence-electron chi connectivity index (χ0n) is 16.1. The number of aliphatic imine (C=N–C) groups is 1. The van der Waals surface area contributed by atoms with Gasteiger partial charge >= 0.3 is 0 Å². The number of guanidine groups is 1. The quantitative estimate of drug-likeness (QED) is 0.356. The topological polar surface area (TPSA) is 49.8 Å². The third kappa shape index (κ3) is 6.73. The molecule has 0 radical (unpaired) electrons. The van der Waals surface area contributed by atoms with E-state index in [1.807, 2.05) is 19.3 Å². The summed E-state index contributed by atoms with van der Waals surface area (Å²) in [7, 11) is 1.85. The van der Waals surface area contributed by atoms with Crippen LogP contribution in [0.15, 0.2) is 41.5 Å². The number of hydrogen-bond donors (Lipinski definition) is 1. The van der Waals surface area contributed by atoms with E-state index in [0.29, 0.717) is 12.5 Å². The van der Waals surface area contributed by atoms with Gasteiger partial charge in [-0.3, -0.25) is 4.99 Å². The Morgan fingerprint density at radius 1 is 1.37 bits per heavy atom. The molecule has 2 heterocycles. The lowest BCUT2D eigenvalue weighted by molar-refractivity contribution is 0.0906. The molecule has 0 spiro atoms. The molecule has 0 amide bonds. The van der Waals surface area contributed by atoms with E-state index in [9.17, 15) is 0 Å². The van der Waals surface area contributed by atoms with Crippen molar-refractivity contribution in [2.45, 2.75) is 32.9 Å². The third-order valence-electron chi connectivity index (χ3n) is 4.61. The molecule has 1 N–H and O–H groups in total. The van der Waals surface area contributed by atoms with E-state index in [2.05, 4.69) is 51.4 Å². The lowest BCUT2D eigenvalue weighted by atomic mass is 10.1. The van der Waals surface area contributed by atoms with Crippen molar-refractivity contribution in [2.24, 2.45) is 10.9 Å². The Hall–Kier alpha value is -1.19. The first-order chi connectivity index (χ1) is 12.8. The molecule has 1 aromatic carbocycles. The Morgan fingerprint density at radius 3 is 2.89 bits per heavy atom. The summed E-state index contributed by atoms with van der Waals surface area (Å²) in [6, 6.07) is 10.4. The van der Waals surface area contributed by atoms with Crippen molar-refractivity contribution in [3.05, 3.63) is 52.0 Å². The number of aromatic nitrogens is 1. The molecule has 5 nitrogen and oxygen atoms in total. The maximum absolute atomic E-state index is 5.91. The average Bonchev–Trinajstić information content (AvgIpc) is 3.33. The molecule has 3 rings (SSSR count). The van der Waals surface area contributed by atoms with Crippen LogP contribution >= 0.6 is 35.3 Å². The Morgan fingerprint density at radius 2 is 2.19 bits per heavy atom. The SMILES string of the molecule is CCc1cnc(CNC(=NC)N2CCC(COCc3ccccc3)C2)s1.I. The van der Waals surface area contributed by atoms with Gasteiger partial charge < -0.3 is 15.0 Å².